The lowest BCUT2D eigenvalue weighted by Crippen LogP contribution is -2.47. The minimum atomic E-state index is -0.323. The third-order valence-corrected chi connectivity index (χ3v) is 4.12. The van der Waals surface area contributed by atoms with Gasteiger partial charge in [-0.3, -0.25) is 9.69 Å². The van der Waals surface area contributed by atoms with E-state index in [0.717, 1.165) is 35.8 Å². The van der Waals surface area contributed by atoms with Crippen molar-refractivity contribution in [1.82, 2.24) is 9.80 Å². The van der Waals surface area contributed by atoms with Crippen molar-refractivity contribution in [2.45, 2.75) is 19.6 Å². The number of aryl methyl sites for hydroxylation is 1. The summed E-state index contributed by atoms with van der Waals surface area (Å²) >= 11 is 6.00. The largest absolute Gasteiger partial charge is 0.374 e. The van der Waals surface area contributed by atoms with Crippen molar-refractivity contribution in [3.05, 3.63) is 34.3 Å². The van der Waals surface area contributed by atoms with Crippen LogP contribution in [0.15, 0.2) is 18.2 Å². The Kier molecular flexibility index (Phi) is 6.20. The summed E-state index contributed by atoms with van der Waals surface area (Å²) < 4.78 is 5.79. The second-order valence-electron chi connectivity index (χ2n) is 5.96. The Balaban J connectivity index is 2.03. The molecule has 1 aliphatic rings. The average molecular weight is 326 g/mol. The number of primary amides is 1. The molecule has 0 aromatic heterocycles. The molecule has 122 valence electrons. The SMILES string of the molecule is Cc1cc(Cl)ccc1CN(CC(N)=O)C[C@@H]1CN(C)CCO1. The van der Waals surface area contributed by atoms with Gasteiger partial charge in [0.2, 0.25) is 5.91 Å². The first-order chi connectivity index (χ1) is 10.4. The molecule has 2 N–H and O–H groups in total. The highest BCUT2D eigenvalue weighted by molar-refractivity contribution is 6.30. The lowest BCUT2D eigenvalue weighted by atomic mass is 10.1. The molecule has 0 aliphatic carbocycles. The predicted octanol–water partition coefficient (Wildman–Crippen LogP) is 1.27. The molecule has 5 nitrogen and oxygen atoms in total. The third-order valence-electron chi connectivity index (χ3n) is 3.88. The highest BCUT2D eigenvalue weighted by Crippen LogP contribution is 2.17. The first kappa shape index (κ1) is 17.2. The molecule has 1 atom stereocenters. The molecule has 22 heavy (non-hydrogen) atoms. The first-order valence-corrected chi connectivity index (χ1v) is 7.87. The summed E-state index contributed by atoms with van der Waals surface area (Å²) in [5.41, 5.74) is 7.65. The number of likely N-dealkylation sites (N-methyl/N-ethyl adjacent to an activating group) is 1. The number of nitrogens with zero attached hydrogens (tertiary/aromatic N) is 2. The van der Waals surface area contributed by atoms with Crippen LogP contribution in [0.3, 0.4) is 0 Å². The van der Waals surface area contributed by atoms with Gasteiger partial charge in [0.1, 0.15) is 0 Å². The molecule has 1 aromatic rings. The van der Waals surface area contributed by atoms with Crippen LogP contribution in [0, 0.1) is 6.92 Å². The topological polar surface area (TPSA) is 58.8 Å². The van der Waals surface area contributed by atoms with Crippen molar-refractivity contribution < 1.29 is 9.53 Å². The lowest BCUT2D eigenvalue weighted by molar-refractivity contribution is -0.120. The van der Waals surface area contributed by atoms with E-state index in [9.17, 15) is 4.79 Å². The fourth-order valence-corrected chi connectivity index (χ4v) is 2.97. The normalized spacial score (nSPS) is 19.5. The van der Waals surface area contributed by atoms with E-state index in [1.54, 1.807) is 0 Å². The molecule has 6 heteroatoms. The summed E-state index contributed by atoms with van der Waals surface area (Å²) in [4.78, 5) is 15.6. The molecular weight excluding hydrogens is 302 g/mol. The molecule has 0 unspecified atom stereocenters. The van der Waals surface area contributed by atoms with Crippen molar-refractivity contribution in [3.8, 4) is 0 Å². The average Bonchev–Trinajstić information content (AvgIpc) is 2.41. The Labute approximate surface area is 137 Å². The Hall–Kier alpha value is -1.14. The monoisotopic (exact) mass is 325 g/mol. The molecular formula is C16H24ClN3O2. The number of rotatable bonds is 6. The summed E-state index contributed by atoms with van der Waals surface area (Å²) in [6.07, 6.45) is 0.103. The molecule has 2 rings (SSSR count). The number of amides is 1. The van der Waals surface area contributed by atoms with Crippen LogP contribution in [0.25, 0.3) is 0 Å². The van der Waals surface area contributed by atoms with E-state index in [2.05, 4.69) is 11.9 Å². The third kappa shape index (κ3) is 5.25. The quantitative estimate of drug-likeness (QED) is 0.855. The number of halogens is 1. The zero-order valence-electron chi connectivity index (χ0n) is 13.2. The number of nitrogens with two attached hydrogens (primary N) is 1. The van der Waals surface area contributed by atoms with Gasteiger partial charge < -0.3 is 15.4 Å². The molecule has 1 amide bonds. The fourth-order valence-electron chi connectivity index (χ4n) is 2.75. The van der Waals surface area contributed by atoms with Gasteiger partial charge in [0, 0.05) is 31.2 Å². The number of benzene rings is 1. The van der Waals surface area contributed by atoms with Gasteiger partial charge in [-0.25, -0.2) is 0 Å². The van der Waals surface area contributed by atoms with Crippen LogP contribution < -0.4 is 5.73 Å². The summed E-state index contributed by atoms with van der Waals surface area (Å²) in [5, 5.41) is 0.722. The smallest absolute Gasteiger partial charge is 0.231 e. The van der Waals surface area contributed by atoms with E-state index in [4.69, 9.17) is 22.1 Å². The minimum Gasteiger partial charge on any atom is -0.374 e. The molecule has 1 aliphatic heterocycles. The summed E-state index contributed by atoms with van der Waals surface area (Å²) in [6.45, 7) is 6.15. The molecule has 1 saturated heterocycles. The van der Waals surface area contributed by atoms with Gasteiger partial charge in [-0.05, 0) is 37.2 Å². The van der Waals surface area contributed by atoms with E-state index < -0.39 is 0 Å². The van der Waals surface area contributed by atoms with Gasteiger partial charge in [0.05, 0.1) is 19.3 Å². The fraction of sp³-hybridized carbons (Fsp3) is 0.562. The molecule has 0 saturated carbocycles. The zero-order valence-corrected chi connectivity index (χ0v) is 14.0. The van der Waals surface area contributed by atoms with Crippen LogP contribution >= 0.6 is 11.6 Å². The van der Waals surface area contributed by atoms with Crippen LogP contribution in [0.5, 0.6) is 0 Å². The van der Waals surface area contributed by atoms with Gasteiger partial charge in [0.25, 0.3) is 0 Å². The van der Waals surface area contributed by atoms with E-state index in [1.807, 2.05) is 30.0 Å². The maximum Gasteiger partial charge on any atom is 0.231 e. The van der Waals surface area contributed by atoms with Crippen molar-refractivity contribution in [2.24, 2.45) is 5.73 Å². The highest BCUT2D eigenvalue weighted by atomic mass is 35.5. The standard InChI is InChI=1S/C16H24ClN3O2/c1-12-7-14(17)4-3-13(12)8-20(11-16(18)21)10-15-9-19(2)5-6-22-15/h3-4,7,15H,5-6,8-11H2,1-2H3,(H2,18,21)/t15-/m0/s1. The number of carbonyl (C=O) groups is 1. The molecule has 1 fully saturated rings. The number of ether oxygens (including phenoxy) is 1. The molecule has 1 heterocycles. The molecule has 0 radical (unpaired) electrons. The molecule has 1 aromatic carbocycles. The van der Waals surface area contributed by atoms with E-state index >= 15 is 0 Å². The molecule has 0 bridgehead atoms. The van der Waals surface area contributed by atoms with Crippen LogP contribution in [0.1, 0.15) is 11.1 Å². The van der Waals surface area contributed by atoms with E-state index in [0.29, 0.717) is 13.1 Å². The van der Waals surface area contributed by atoms with Crippen molar-refractivity contribution in [1.29, 1.82) is 0 Å². The van der Waals surface area contributed by atoms with Crippen molar-refractivity contribution >= 4 is 17.5 Å². The zero-order chi connectivity index (χ0) is 16.1. The first-order valence-electron chi connectivity index (χ1n) is 7.50. The second kappa shape index (κ2) is 7.92. The summed E-state index contributed by atoms with van der Waals surface area (Å²) in [7, 11) is 2.08. The van der Waals surface area contributed by atoms with Crippen LogP contribution in [0.4, 0.5) is 0 Å². The Morgan fingerprint density at radius 1 is 1.55 bits per heavy atom. The van der Waals surface area contributed by atoms with Gasteiger partial charge in [-0.1, -0.05) is 17.7 Å². The number of hydrogen-bond donors (Lipinski definition) is 1. The van der Waals surface area contributed by atoms with Gasteiger partial charge in [0.15, 0.2) is 0 Å². The number of hydrogen-bond acceptors (Lipinski definition) is 4. The van der Waals surface area contributed by atoms with Gasteiger partial charge in [-0.15, -0.1) is 0 Å². The highest BCUT2D eigenvalue weighted by Gasteiger charge is 2.22. The second-order valence-corrected chi connectivity index (χ2v) is 6.40. The number of carbonyl (C=O) groups excluding carboxylic acids is 1. The predicted molar refractivity (Wildman–Crippen MR) is 87.9 cm³/mol. The van der Waals surface area contributed by atoms with Crippen molar-refractivity contribution in [3.63, 3.8) is 0 Å². The minimum absolute atomic E-state index is 0.103. The van der Waals surface area contributed by atoms with E-state index in [-0.39, 0.29) is 18.6 Å². The van der Waals surface area contributed by atoms with Gasteiger partial charge >= 0.3 is 0 Å². The lowest BCUT2D eigenvalue weighted by Gasteiger charge is -2.33. The maximum absolute atomic E-state index is 11.4. The van der Waals surface area contributed by atoms with Crippen LogP contribution in [0.2, 0.25) is 5.02 Å². The summed E-state index contributed by atoms with van der Waals surface area (Å²) in [5.74, 6) is -0.323. The Bertz CT molecular complexity index is 524. The van der Waals surface area contributed by atoms with Crippen molar-refractivity contribution in [2.75, 3.05) is 39.8 Å². The van der Waals surface area contributed by atoms with Crippen LogP contribution in [-0.2, 0) is 16.1 Å². The Morgan fingerprint density at radius 3 is 2.95 bits per heavy atom. The van der Waals surface area contributed by atoms with Crippen LogP contribution in [-0.4, -0.2) is 61.6 Å². The maximum atomic E-state index is 11.4. The number of morpholine rings is 1. The van der Waals surface area contributed by atoms with E-state index in [1.165, 1.54) is 0 Å². The summed E-state index contributed by atoms with van der Waals surface area (Å²) in [6, 6.07) is 5.81. The Morgan fingerprint density at radius 2 is 2.32 bits per heavy atom. The molecule has 0 spiro atoms. The van der Waals surface area contributed by atoms with Gasteiger partial charge in [-0.2, -0.15) is 0 Å².